The molecule has 6 heteroatoms. The van der Waals surface area contributed by atoms with Crippen LogP contribution in [0.15, 0.2) is 60.9 Å². The summed E-state index contributed by atoms with van der Waals surface area (Å²) in [6.07, 6.45) is 2.63. The van der Waals surface area contributed by atoms with E-state index in [4.69, 9.17) is 0 Å². The molecule has 0 fully saturated rings. The molecule has 2 N–H and O–H groups in total. The monoisotopic (exact) mass is 343 g/mol. The van der Waals surface area contributed by atoms with Crippen LogP contribution in [0.4, 0.5) is 8.78 Å². The highest BCUT2D eigenvalue weighted by Gasteiger charge is 2.13. The molecule has 1 heterocycles. The number of nitrogens with one attached hydrogen (secondary N) is 1. The summed E-state index contributed by atoms with van der Waals surface area (Å²) < 4.78 is 28.4. The number of hydrogen-bond acceptors (Lipinski definition) is 3. The highest BCUT2D eigenvalue weighted by atomic mass is 19.1. The second-order valence-electron chi connectivity index (χ2n) is 5.84. The van der Waals surface area contributed by atoms with Gasteiger partial charge in [0.15, 0.2) is 0 Å². The zero-order valence-corrected chi connectivity index (χ0v) is 13.6. The van der Waals surface area contributed by atoms with Crippen LogP contribution in [0.3, 0.4) is 0 Å². The van der Waals surface area contributed by atoms with Gasteiger partial charge in [-0.1, -0.05) is 36.4 Å². The van der Waals surface area contributed by atoms with Gasteiger partial charge in [0.25, 0.3) is 0 Å². The van der Waals surface area contributed by atoms with E-state index in [-0.39, 0.29) is 12.1 Å². The normalized spacial score (nSPS) is 12.3. The average molecular weight is 343 g/mol. The number of rotatable bonds is 7. The summed E-state index contributed by atoms with van der Waals surface area (Å²) in [7, 11) is 0. The Bertz CT molecular complexity index is 821. The van der Waals surface area contributed by atoms with Crippen molar-refractivity contribution in [2.45, 2.75) is 19.2 Å². The maximum atomic E-state index is 13.6. The quantitative estimate of drug-likeness (QED) is 0.693. The van der Waals surface area contributed by atoms with E-state index in [1.54, 1.807) is 6.20 Å². The Morgan fingerprint density at radius 2 is 1.88 bits per heavy atom. The Labute approximate surface area is 144 Å². The predicted octanol–water partition coefficient (Wildman–Crippen LogP) is 3.03. The van der Waals surface area contributed by atoms with Crippen molar-refractivity contribution in [3.63, 3.8) is 0 Å². The number of nitrogens with zero attached hydrogens (tertiary/aromatic N) is 2. The number of aromatic nitrogens is 2. The number of benzene rings is 2. The summed E-state index contributed by atoms with van der Waals surface area (Å²) in [4.78, 5) is 0. The molecule has 1 aromatic heterocycles. The van der Waals surface area contributed by atoms with Gasteiger partial charge in [0, 0.05) is 36.5 Å². The Kier molecular flexibility index (Phi) is 5.53. The van der Waals surface area contributed by atoms with Crippen LogP contribution >= 0.6 is 0 Å². The van der Waals surface area contributed by atoms with Crippen LogP contribution in [0.1, 0.15) is 22.8 Å². The SMILES string of the molecule is O[C@H](CNCc1cnn(Cc2ccccc2)c1)c1ccc(F)cc1F. The molecule has 0 spiro atoms. The summed E-state index contributed by atoms with van der Waals surface area (Å²) in [6, 6.07) is 13.2. The van der Waals surface area contributed by atoms with Crippen molar-refractivity contribution in [2.75, 3.05) is 6.54 Å². The van der Waals surface area contributed by atoms with Crippen molar-refractivity contribution in [3.05, 3.63) is 89.2 Å². The molecule has 0 saturated heterocycles. The predicted molar refractivity (Wildman–Crippen MR) is 90.8 cm³/mol. The van der Waals surface area contributed by atoms with Crippen LogP contribution in [-0.2, 0) is 13.1 Å². The van der Waals surface area contributed by atoms with Crippen molar-refractivity contribution in [2.24, 2.45) is 0 Å². The minimum Gasteiger partial charge on any atom is -0.387 e. The lowest BCUT2D eigenvalue weighted by atomic mass is 10.1. The van der Waals surface area contributed by atoms with Crippen LogP contribution in [0, 0.1) is 11.6 Å². The molecule has 1 atom stereocenters. The molecule has 0 amide bonds. The summed E-state index contributed by atoms with van der Waals surface area (Å²) in [6.45, 7) is 1.34. The summed E-state index contributed by atoms with van der Waals surface area (Å²) in [5.74, 6) is -1.41. The molecule has 0 aliphatic carbocycles. The lowest BCUT2D eigenvalue weighted by Gasteiger charge is -2.12. The van der Waals surface area contributed by atoms with Crippen LogP contribution in [-0.4, -0.2) is 21.4 Å². The number of aliphatic hydroxyl groups excluding tert-OH is 1. The average Bonchev–Trinajstić information content (AvgIpc) is 3.03. The number of aliphatic hydroxyl groups is 1. The minimum atomic E-state index is -1.04. The summed E-state index contributed by atoms with van der Waals surface area (Å²) in [5.41, 5.74) is 2.20. The van der Waals surface area contributed by atoms with Gasteiger partial charge >= 0.3 is 0 Å². The lowest BCUT2D eigenvalue weighted by Crippen LogP contribution is -2.21. The van der Waals surface area contributed by atoms with E-state index in [0.717, 1.165) is 23.3 Å². The molecule has 3 rings (SSSR count). The van der Waals surface area contributed by atoms with E-state index in [1.165, 1.54) is 6.07 Å². The van der Waals surface area contributed by atoms with Gasteiger partial charge in [0.1, 0.15) is 11.6 Å². The zero-order chi connectivity index (χ0) is 17.6. The highest BCUT2D eigenvalue weighted by molar-refractivity contribution is 5.21. The van der Waals surface area contributed by atoms with Crippen LogP contribution in [0.2, 0.25) is 0 Å². The minimum absolute atomic E-state index is 0.0775. The maximum absolute atomic E-state index is 13.6. The van der Waals surface area contributed by atoms with Crippen molar-refractivity contribution in [1.29, 1.82) is 0 Å². The zero-order valence-electron chi connectivity index (χ0n) is 13.6. The van der Waals surface area contributed by atoms with Crippen molar-refractivity contribution in [1.82, 2.24) is 15.1 Å². The first-order valence-corrected chi connectivity index (χ1v) is 8.01. The molecule has 0 aliphatic heterocycles. The first-order chi connectivity index (χ1) is 12.1. The first kappa shape index (κ1) is 17.3. The molecule has 25 heavy (non-hydrogen) atoms. The van der Waals surface area contributed by atoms with E-state index in [2.05, 4.69) is 10.4 Å². The standard InChI is InChI=1S/C19H19F2N3O/c20-16-6-7-17(18(21)8-16)19(25)11-22-9-15-10-23-24(13-15)12-14-4-2-1-3-5-14/h1-8,10,13,19,22,25H,9,11-12H2/t19-/m1/s1. The van der Waals surface area contributed by atoms with E-state index in [1.807, 2.05) is 41.2 Å². The van der Waals surface area contributed by atoms with Gasteiger partial charge in [0.05, 0.1) is 18.8 Å². The van der Waals surface area contributed by atoms with Crippen LogP contribution < -0.4 is 5.32 Å². The second kappa shape index (κ2) is 8.00. The van der Waals surface area contributed by atoms with Crippen LogP contribution in [0.5, 0.6) is 0 Å². The maximum Gasteiger partial charge on any atom is 0.131 e. The smallest absolute Gasteiger partial charge is 0.131 e. The van der Waals surface area contributed by atoms with E-state index in [0.29, 0.717) is 13.1 Å². The first-order valence-electron chi connectivity index (χ1n) is 8.01. The van der Waals surface area contributed by atoms with Gasteiger partial charge < -0.3 is 10.4 Å². The van der Waals surface area contributed by atoms with Gasteiger partial charge in [-0.05, 0) is 11.6 Å². The summed E-state index contributed by atoms with van der Waals surface area (Å²) >= 11 is 0. The molecule has 0 radical (unpaired) electrons. The molecular formula is C19H19F2N3O. The Balaban J connectivity index is 1.50. The van der Waals surface area contributed by atoms with Crippen molar-refractivity contribution in [3.8, 4) is 0 Å². The highest BCUT2D eigenvalue weighted by Crippen LogP contribution is 2.17. The van der Waals surface area contributed by atoms with E-state index >= 15 is 0 Å². The molecule has 130 valence electrons. The second-order valence-corrected chi connectivity index (χ2v) is 5.84. The van der Waals surface area contributed by atoms with Gasteiger partial charge in [0.2, 0.25) is 0 Å². The Hall–Kier alpha value is -2.57. The molecule has 2 aromatic carbocycles. The topological polar surface area (TPSA) is 50.1 Å². The molecular weight excluding hydrogens is 324 g/mol. The largest absolute Gasteiger partial charge is 0.387 e. The Morgan fingerprint density at radius 3 is 2.64 bits per heavy atom. The van der Waals surface area contributed by atoms with Gasteiger partial charge in [-0.3, -0.25) is 4.68 Å². The van der Waals surface area contributed by atoms with Gasteiger partial charge in [-0.15, -0.1) is 0 Å². The fourth-order valence-electron chi connectivity index (χ4n) is 2.59. The number of hydrogen-bond donors (Lipinski definition) is 2. The molecule has 0 saturated carbocycles. The lowest BCUT2D eigenvalue weighted by molar-refractivity contribution is 0.169. The third-order valence-electron chi connectivity index (χ3n) is 3.86. The Morgan fingerprint density at radius 1 is 1.08 bits per heavy atom. The molecule has 3 aromatic rings. The molecule has 4 nitrogen and oxygen atoms in total. The third-order valence-corrected chi connectivity index (χ3v) is 3.86. The van der Waals surface area contributed by atoms with E-state index < -0.39 is 17.7 Å². The fraction of sp³-hybridized carbons (Fsp3) is 0.211. The molecule has 0 unspecified atom stereocenters. The van der Waals surface area contributed by atoms with Crippen LogP contribution in [0.25, 0.3) is 0 Å². The summed E-state index contributed by atoms with van der Waals surface area (Å²) in [5, 5.41) is 17.4. The third kappa shape index (κ3) is 4.71. The van der Waals surface area contributed by atoms with E-state index in [9.17, 15) is 13.9 Å². The van der Waals surface area contributed by atoms with Crippen molar-refractivity contribution >= 4 is 0 Å². The van der Waals surface area contributed by atoms with Gasteiger partial charge in [-0.2, -0.15) is 5.10 Å². The molecule has 0 bridgehead atoms. The van der Waals surface area contributed by atoms with Crippen molar-refractivity contribution < 1.29 is 13.9 Å². The fourth-order valence-corrected chi connectivity index (χ4v) is 2.59. The van der Waals surface area contributed by atoms with Gasteiger partial charge in [-0.25, -0.2) is 8.78 Å². The molecule has 0 aliphatic rings. The number of halogens is 2.